The minimum atomic E-state index is -0.960. The van der Waals surface area contributed by atoms with Crippen molar-refractivity contribution in [1.29, 1.82) is 10.5 Å². The summed E-state index contributed by atoms with van der Waals surface area (Å²) in [7, 11) is 0. The topological polar surface area (TPSA) is 226 Å². The second kappa shape index (κ2) is 18.9. The third-order valence-electron chi connectivity index (χ3n) is 6.43. The SMILES string of the molecule is C[C@@H](N)C(=O)OC[C@H](COc1ccc(-c2c(C#N)c(N)nc(SCc3coc(-c4ccc(Cl)cc4)n3)c2C#N)cc1)OC(=O)[C@@H](C)N.Cl.Cl. The Kier molecular flexibility index (Phi) is 15.6. The van der Waals surface area contributed by atoms with Gasteiger partial charge in [-0.25, -0.2) is 9.97 Å². The van der Waals surface area contributed by atoms with E-state index in [1.807, 2.05) is 0 Å². The molecule has 6 N–H and O–H groups in total. The first-order valence-corrected chi connectivity index (χ1v) is 15.4. The van der Waals surface area contributed by atoms with Gasteiger partial charge in [-0.2, -0.15) is 10.5 Å². The van der Waals surface area contributed by atoms with Crippen LogP contribution in [0.1, 0.15) is 30.7 Å². The van der Waals surface area contributed by atoms with E-state index in [9.17, 15) is 20.1 Å². The zero-order valence-electron chi connectivity index (χ0n) is 26.1. The average Bonchev–Trinajstić information content (AvgIpc) is 3.54. The molecule has 4 aromatic rings. The Morgan fingerprint density at radius 1 is 0.918 bits per heavy atom. The number of hydrogen-bond donors (Lipinski definition) is 3. The monoisotopic (exact) mass is 747 g/mol. The summed E-state index contributed by atoms with van der Waals surface area (Å²) in [4.78, 5) is 32.7. The molecule has 0 radical (unpaired) electrons. The van der Waals surface area contributed by atoms with Crippen LogP contribution in [0.2, 0.25) is 5.02 Å². The summed E-state index contributed by atoms with van der Waals surface area (Å²) < 4.78 is 21.8. The molecule has 0 aliphatic heterocycles. The number of halogens is 3. The van der Waals surface area contributed by atoms with E-state index in [0.29, 0.717) is 44.3 Å². The van der Waals surface area contributed by atoms with Crippen LogP contribution in [0.4, 0.5) is 5.82 Å². The molecule has 0 spiro atoms. The number of hydrogen-bond acceptors (Lipinski definition) is 14. The second-order valence-corrected chi connectivity index (χ2v) is 11.6. The van der Waals surface area contributed by atoms with Gasteiger partial charge in [0, 0.05) is 21.9 Å². The number of nitrogens with zero attached hydrogens (tertiary/aromatic N) is 4. The number of rotatable bonds is 13. The first kappa shape index (κ1) is 40.6. The molecule has 17 heteroatoms. The molecule has 0 aliphatic rings. The lowest BCUT2D eigenvalue weighted by Gasteiger charge is -2.20. The molecule has 0 aliphatic carbocycles. The van der Waals surface area contributed by atoms with E-state index in [-0.39, 0.29) is 55.0 Å². The first-order chi connectivity index (χ1) is 22.5. The van der Waals surface area contributed by atoms with Crippen molar-refractivity contribution in [2.24, 2.45) is 11.5 Å². The molecule has 0 bridgehead atoms. The van der Waals surface area contributed by atoms with E-state index in [2.05, 4.69) is 22.1 Å². The van der Waals surface area contributed by atoms with E-state index in [1.54, 1.807) is 48.5 Å². The van der Waals surface area contributed by atoms with Gasteiger partial charge in [0.2, 0.25) is 5.89 Å². The van der Waals surface area contributed by atoms with Gasteiger partial charge in [0.25, 0.3) is 0 Å². The third-order valence-corrected chi connectivity index (χ3v) is 7.69. The Morgan fingerprint density at radius 3 is 2.12 bits per heavy atom. The zero-order chi connectivity index (χ0) is 34.1. The number of pyridine rings is 1. The highest BCUT2D eigenvalue weighted by atomic mass is 35.5. The van der Waals surface area contributed by atoms with Gasteiger partial charge >= 0.3 is 11.9 Å². The predicted octanol–water partition coefficient (Wildman–Crippen LogP) is 5.05. The standard InChI is InChI=1S/C32H30ClN7O6S.2ClH/c1-17(36)31(41)45-15-24(46-32(42)18(2)37)14-43-23-9-5-19(6-10-23)27-25(11-34)28(38)40-30(26(27)12-35)47-16-22-13-44-29(39-22)20-3-7-21(33)8-4-20;;/h3-10,13,17-18,24H,14-16,36-37H2,1-2H3,(H2,38,40);2*1H/t17-,18-,24+;;/m1../s1. The number of carbonyl (C=O) groups excluding carboxylic acids is 2. The highest BCUT2D eigenvalue weighted by Crippen LogP contribution is 2.37. The molecule has 2 aromatic carbocycles. The summed E-state index contributed by atoms with van der Waals surface area (Å²) in [5.74, 6) is -0.316. The van der Waals surface area contributed by atoms with Gasteiger partial charge in [-0.05, 0) is 55.8 Å². The predicted molar refractivity (Wildman–Crippen MR) is 188 cm³/mol. The first-order valence-electron chi connectivity index (χ1n) is 14.1. The Balaban J connectivity index is 0.00000417. The molecule has 0 unspecified atom stereocenters. The molecule has 0 saturated carbocycles. The molecule has 49 heavy (non-hydrogen) atoms. The van der Waals surface area contributed by atoms with Gasteiger partial charge in [-0.3, -0.25) is 9.59 Å². The third kappa shape index (κ3) is 10.7. The van der Waals surface area contributed by atoms with Crippen molar-refractivity contribution < 1.29 is 28.2 Å². The fourth-order valence-corrected chi connectivity index (χ4v) is 5.03. The summed E-state index contributed by atoms with van der Waals surface area (Å²) in [6.07, 6.45) is 0.554. The van der Waals surface area contributed by atoms with E-state index >= 15 is 0 Å². The Bertz CT molecular complexity index is 1830. The maximum absolute atomic E-state index is 12.1. The molecular formula is C32H32Cl3N7O6S. The maximum atomic E-state index is 12.1. The molecule has 13 nitrogen and oxygen atoms in total. The van der Waals surface area contributed by atoms with Gasteiger partial charge in [0.15, 0.2) is 6.10 Å². The maximum Gasteiger partial charge on any atom is 0.323 e. The van der Waals surface area contributed by atoms with Crippen LogP contribution in [-0.4, -0.2) is 53.3 Å². The summed E-state index contributed by atoms with van der Waals surface area (Å²) in [6, 6.07) is 16.0. The van der Waals surface area contributed by atoms with E-state index in [4.69, 9.17) is 47.4 Å². The van der Waals surface area contributed by atoms with Crippen molar-refractivity contribution in [3.8, 4) is 40.5 Å². The van der Waals surface area contributed by atoms with Crippen LogP contribution in [0.5, 0.6) is 5.75 Å². The van der Waals surface area contributed by atoms with Gasteiger partial charge < -0.3 is 35.8 Å². The quantitative estimate of drug-likeness (QED) is 0.120. The Hall–Kier alpha value is -4.54. The lowest BCUT2D eigenvalue weighted by atomic mass is 9.97. The number of aromatic nitrogens is 2. The highest BCUT2D eigenvalue weighted by molar-refractivity contribution is 7.98. The van der Waals surface area contributed by atoms with E-state index in [1.165, 1.54) is 31.9 Å². The molecular weight excluding hydrogens is 717 g/mol. The molecule has 0 amide bonds. The number of anilines is 1. The smallest absolute Gasteiger partial charge is 0.323 e. The fourth-order valence-electron chi connectivity index (χ4n) is 4.03. The fraction of sp³-hybridized carbons (Fsp3) is 0.250. The van der Waals surface area contributed by atoms with Crippen LogP contribution < -0.4 is 21.9 Å². The molecule has 0 saturated heterocycles. The van der Waals surface area contributed by atoms with Crippen molar-refractivity contribution in [3.63, 3.8) is 0 Å². The van der Waals surface area contributed by atoms with Crippen LogP contribution >= 0.6 is 48.2 Å². The normalized spacial score (nSPS) is 12.1. The Labute approximate surface area is 303 Å². The minimum absolute atomic E-state index is 0. The van der Waals surface area contributed by atoms with Gasteiger partial charge in [-0.15, -0.1) is 24.8 Å². The van der Waals surface area contributed by atoms with Crippen LogP contribution in [0.15, 0.2) is 64.2 Å². The number of esters is 2. The molecule has 3 atom stereocenters. The number of oxazole rings is 1. The number of thioether (sulfide) groups is 1. The number of nitrogens with two attached hydrogens (primary N) is 3. The average molecular weight is 749 g/mol. The number of ether oxygens (including phenoxy) is 3. The number of nitrogen functional groups attached to an aromatic ring is 1. The lowest BCUT2D eigenvalue weighted by Crippen LogP contribution is -2.38. The van der Waals surface area contributed by atoms with Gasteiger partial charge in [0.05, 0.1) is 11.3 Å². The molecule has 2 aromatic heterocycles. The number of carbonyl (C=O) groups is 2. The van der Waals surface area contributed by atoms with Crippen molar-refractivity contribution >= 4 is 65.9 Å². The van der Waals surface area contributed by atoms with Crippen molar-refractivity contribution in [2.75, 3.05) is 18.9 Å². The largest absolute Gasteiger partial charge is 0.490 e. The molecule has 0 fully saturated rings. The van der Waals surface area contributed by atoms with Crippen LogP contribution in [-0.2, 0) is 24.8 Å². The molecule has 4 rings (SSSR count). The lowest BCUT2D eigenvalue weighted by molar-refractivity contribution is -0.162. The van der Waals surface area contributed by atoms with Crippen molar-refractivity contribution in [3.05, 3.63) is 76.6 Å². The molecule has 2 heterocycles. The van der Waals surface area contributed by atoms with Crippen molar-refractivity contribution in [1.82, 2.24) is 9.97 Å². The van der Waals surface area contributed by atoms with Gasteiger partial charge in [-0.1, -0.05) is 35.5 Å². The number of nitriles is 2. The van der Waals surface area contributed by atoms with Crippen molar-refractivity contribution in [2.45, 2.75) is 42.8 Å². The summed E-state index contributed by atoms with van der Waals surface area (Å²) >= 11 is 7.19. The minimum Gasteiger partial charge on any atom is -0.490 e. The summed E-state index contributed by atoms with van der Waals surface area (Å²) in [6.45, 7) is 2.47. The molecule has 258 valence electrons. The highest BCUT2D eigenvalue weighted by Gasteiger charge is 2.23. The second-order valence-electron chi connectivity index (χ2n) is 10.2. The van der Waals surface area contributed by atoms with Crippen LogP contribution in [0, 0.1) is 22.7 Å². The van der Waals surface area contributed by atoms with Crippen LogP contribution in [0.25, 0.3) is 22.6 Å². The summed E-state index contributed by atoms with van der Waals surface area (Å²) in [5, 5.41) is 21.0. The van der Waals surface area contributed by atoms with E-state index < -0.39 is 30.1 Å². The number of benzene rings is 2. The van der Waals surface area contributed by atoms with Gasteiger partial charge in [0.1, 0.15) is 65.9 Å². The summed E-state index contributed by atoms with van der Waals surface area (Å²) in [5.41, 5.74) is 19.7. The van der Waals surface area contributed by atoms with E-state index in [0.717, 1.165) is 5.56 Å². The van der Waals surface area contributed by atoms with Crippen LogP contribution in [0.3, 0.4) is 0 Å². The zero-order valence-corrected chi connectivity index (χ0v) is 29.3. The Morgan fingerprint density at radius 2 is 1.53 bits per heavy atom.